The van der Waals surface area contributed by atoms with Gasteiger partial charge in [0, 0.05) is 13.1 Å². The molecule has 2 amide bonds. The molecule has 0 bridgehead atoms. The van der Waals surface area contributed by atoms with E-state index in [1.165, 1.54) is 0 Å². The fourth-order valence-electron chi connectivity index (χ4n) is 2.98. The van der Waals surface area contributed by atoms with E-state index in [2.05, 4.69) is 5.32 Å². The van der Waals surface area contributed by atoms with Gasteiger partial charge in [0.25, 0.3) is 0 Å². The van der Waals surface area contributed by atoms with Crippen LogP contribution < -0.4 is 5.32 Å². The summed E-state index contributed by atoms with van der Waals surface area (Å²) in [6.07, 6.45) is 3.99. The van der Waals surface area contributed by atoms with Gasteiger partial charge in [-0.3, -0.25) is 9.69 Å². The van der Waals surface area contributed by atoms with Crippen LogP contribution in [0.1, 0.15) is 52.9 Å². The molecule has 2 rings (SSSR count). The maximum absolute atomic E-state index is 12.4. The Labute approximate surface area is 114 Å². The number of nitrogens with one attached hydrogen (secondary N) is 1. The fraction of sp³-hybridized carbons (Fsp3) is 0.857. The lowest BCUT2D eigenvalue weighted by Gasteiger charge is -2.47. The molecule has 2 saturated heterocycles. The topological polar surface area (TPSA) is 58.6 Å². The lowest BCUT2D eigenvalue weighted by Crippen LogP contribution is -2.65. The monoisotopic (exact) mass is 268 g/mol. The quantitative estimate of drug-likeness (QED) is 0.731. The highest BCUT2D eigenvalue weighted by Gasteiger charge is 2.49. The summed E-state index contributed by atoms with van der Waals surface area (Å²) in [4.78, 5) is 26.3. The van der Waals surface area contributed by atoms with Gasteiger partial charge >= 0.3 is 6.09 Å². The summed E-state index contributed by atoms with van der Waals surface area (Å²) in [5, 5.41) is 2.90. The van der Waals surface area contributed by atoms with Gasteiger partial charge in [0.05, 0.1) is 0 Å². The van der Waals surface area contributed by atoms with Crippen molar-refractivity contribution in [1.82, 2.24) is 10.2 Å². The van der Waals surface area contributed by atoms with Gasteiger partial charge in [-0.05, 0) is 52.9 Å². The summed E-state index contributed by atoms with van der Waals surface area (Å²) in [5.41, 5.74) is -1.19. The van der Waals surface area contributed by atoms with Gasteiger partial charge in [-0.15, -0.1) is 0 Å². The van der Waals surface area contributed by atoms with Crippen LogP contribution in [-0.2, 0) is 9.53 Å². The van der Waals surface area contributed by atoms with Gasteiger partial charge < -0.3 is 10.1 Å². The largest absolute Gasteiger partial charge is 0.444 e. The van der Waals surface area contributed by atoms with Gasteiger partial charge in [0.1, 0.15) is 11.1 Å². The third-order valence-corrected chi connectivity index (χ3v) is 3.83. The van der Waals surface area contributed by atoms with Crippen molar-refractivity contribution in [2.75, 3.05) is 13.1 Å². The van der Waals surface area contributed by atoms with E-state index >= 15 is 0 Å². The van der Waals surface area contributed by atoms with E-state index in [0.717, 1.165) is 32.1 Å². The van der Waals surface area contributed by atoms with Crippen molar-refractivity contribution < 1.29 is 14.3 Å². The Morgan fingerprint density at radius 3 is 2.58 bits per heavy atom. The molecule has 2 fully saturated rings. The molecule has 0 aromatic rings. The van der Waals surface area contributed by atoms with Crippen LogP contribution in [0.25, 0.3) is 0 Å². The lowest BCUT2D eigenvalue weighted by molar-refractivity contribution is -0.138. The molecule has 5 heteroatoms. The predicted octanol–water partition coefficient (Wildman–Crippen LogP) is 2.06. The molecule has 0 unspecified atom stereocenters. The first-order valence-electron chi connectivity index (χ1n) is 7.14. The van der Waals surface area contributed by atoms with E-state index in [-0.39, 0.29) is 12.0 Å². The number of hydrogen-bond acceptors (Lipinski definition) is 3. The minimum absolute atomic E-state index is 0.00990. The number of amides is 2. The summed E-state index contributed by atoms with van der Waals surface area (Å²) >= 11 is 0. The Morgan fingerprint density at radius 2 is 1.95 bits per heavy atom. The van der Waals surface area contributed by atoms with Gasteiger partial charge in [0.15, 0.2) is 0 Å². The van der Waals surface area contributed by atoms with Gasteiger partial charge in [0.2, 0.25) is 5.91 Å². The molecule has 0 aliphatic carbocycles. The standard InChI is InChI=1S/C14H24N2O3/c1-13(2,3)19-12(18)16-10-5-4-7-14(16)8-6-9-15-11(14)17/h4-10H2,1-3H3,(H,15,17)/t14-/m0/s1. The summed E-state index contributed by atoms with van der Waals surface area (Å²) < 4.78 is 5.46. The summed E-state index contributed by atoms with van der Waals surface area (Å²) in [6, 6.07) is 0. The number of carbonyl (C=O) groups excluding carboxylic acids is 2. The van der Waals surface area contributed by atoms with Crippen LogP contribution in [0.5, 0.6) is 0 Å². The zero-order chi connectivity index (χ0) is 14.1. The Kier molecular flexibility index (Phi) is 3.74. The van der Waals surface area contributed by atoms with E-state index in [1.807, 2.05) is 20.8 Å². The Hall–Kier alpha value is -1.26. The molecule has 0 saturated carbocycles. The lowest BCUT2D eigenvalue weighted by atomic mass is 9.80. The van der Waals surface area contributed by atoms with Gasteiger partial charge in [-0.1, -0.05) is 0 Å². The molecule has 2 heterocycles. The molecule has 1 N–H and O–H groups in total. The number of carbonyl (C=O) groups is 2. The molecule has 19 heavy (non-hydrogen) atoms. The first-order valence-corrected chi connectivity index (χ1v) is 7.14. The van der Waals surface area contributed by atoms with Crippen molar-refractivity contribution in [1.29, 1.82) is 0 Å². The van der Waals surface area contributed by atoms with Crippen molar-refractivity contribution in [2.45, 2.75) is 64.0 Å². The molecule has 2 aliphatic heterocycles. The number of rotatable bonds is 0. The zero-order valence-electron chi connectivity index (χ0n) is 12.1. The van der Waals surface area contributed by atoms with E-state index < -0.39 is 11.1 Å². The Bertz CT molecular complexity index is 369. The number of piperidine rings is 2. The molecular weight excluding hydrogens is 244 g/mol. The number of likely N-dealkylation sites (tertiary alicyclic amines) is 1. The molecule has 2 aliphatic rings. The van der Waals surface area contributed by atoms with Crippen LogP contribution in [0.15, 0.2) is 0 Å². The molecular formula is C14H24N2O3. The summed E-state index contributed by atoms with van der Waals surface area (Å²) in [5.74, 6) is -0.00990. The van der Waals surface area contributed by atoms with Crippen molar-refractivity contribution in [3.8, 4) is 0 Å². The van der Waals surface area contributed by atoms with Crippen molar-refractivity contribution in [2.24, 2.45) is 0 Å². The maximum Gasteiger partial charge on any atom is 0.411 e. The third-order valence-electron chi connectivity index (χ3n) is 3.83. The molecule has 0 radical (unpaired) electrons. The maximum atomic E-state index is 12.4. The highest BCUT2D eigenvalue weighted by atomic mass is 16.6. The average molecular weight is 268 g/mol. The first kappa shape index (κ1) is 14.2. The fourth-order valence-corrected chi connectivity index (χ4v) is 2.98. The highest BCUT2D eigenvalue weighted by molar-refractivity contribution is 5.90. The SMILES string of the molecule is CC(C)(C)OC(=O)N1CCCC[C@@]12CCCNC2=O. The molecule has 1 atom stereocenters. The minimum Gasteiger partial charge on any atom is -0.444 e. The molecule has 1 spiro atoms. The van der Waals surface area contributed by atoms with Gasteiger partial charge in [-0.2, -0.15) is 0 Å². The summed E-state index contributed by atoms with van der Waals surface area (Å²) in [7, 11) is 0. The van der Waals surface area contributed by atoms with E-state index in [4.69, 9.17) is 4.74 Å². The Morgan fingerprint density at radius 1 is 1.26 bits per heavy atom. The second-order valence-electron chi connectivity index (χ2n) is 6.48. The van der Waals surface area contributed by atoms with Crippen LogP contribution in [0.4, 0.5) is 4.79 Å². The molecule has 108 valence electrons. The van der Waals surface area contributed by atoms with E-state index in [9.17, 15) is 9.59 Å². The number of nitrogens with zero attached hydrogens (tertiary/aromatic N) is 1. The van der Waals surface area contributed by atoms with Crippen molar-refractivity contribution in [3.05, 3.63) is 0 Å². The molecule has 0 aromatic heterocycles. The average Bonchev–Trinajstić information content (AvgIpc) is 2.31. The van der Waals surface area contributed by atoms with Crippen LogP contribution in [0, 0.1) is 0 Å². The Balaban J connectivity index is 2.20. The first-order chi connectivity index (χ1) is 8.85. The third kappa shape index (κ3) is 2.85. The molecule has 5 nitrogen and oxygen atoms in total. The van der Waals surface area contributed by atoms with Crippen molar-refractivity contribution >= 4 is 12.0 Å². The van der Waals surface area contributed by atoms with Crippen LogP contribution in [-0.4, -0.2) is 41.1 Å². The van der Waals surface area contributed by atoms with Crippen LogP contribution in [0.2, 0.25) is 0 Å². The smallest absolute Gasteiger partial charge is 0.411 e. The molecule has 0 aromatic carbocycles. The normalized spacial score (nSPS) is 28.2. The minimum atomic E-state index is -0.668. The predicted molar refractivity (Wildman–Crippen MR) is 71.8 cm³/mol. The van der Waals surface area contributed by atoms with Crippen LogP contribution in [0.3, 0.4) is 0 Å². The highest BCUT2D eigenvalue weighted by Crippen LogP contribution is 2.35. The number of ether oxygens (including phenoxy) is 1. The van der Waals surface area contributed by atoms with Crippen molar-refractivity contribution in [3.63, 3.8) is 0 Å². The zero-order valence-corrected chi connectivity index (χ0v) is 12.1. The van der Waals surface area contributed by atoms with Crippen LogP contribution >= 0.6 is 0 Å². The number of hydrogen-bond donors (Lipinski definition) is 1. The second-order valence-corrected chi connectivity index (χ2v) is 6.48. The summed E-state index contributed by atoms with van der Waals surface area (Å²) in [6.45, 7) is 6.87. The second kappa shape index (κ2) is 5.02. The van der Waals surface area contributed by atoms with E-state index in [1.54, 1.807) is 4.90 Å². The van der Waals surface area contributed by atoms with E-state index in [0.29, 0.717) is 13.1 Å². The van der Waals surface area contributed by atoms with Gasteiger partial charge in [-0.25, -0.2) is 4.79 Å².